The molecule has 1 N–H and O–H groups in total. The lowest BCUT2D eigenvalue weighted by Crippen LogP contribution is -2.43. The van der Waals surface area contributed by atoms with Gasteiger partial charge in [-0.1, -0.05) is 23.4 Å². The Labute approximate surface area is 125 Å². The van der Waals surface area contributed by atoms with Gasteiger partial charge < -0.3 is 5.11 Å². The largest absolute Gasteiger partial charge is 0.388 e. The molecule has 1 saturated carbocycles. The van der Waals surface area contributed by atoms with Crippen LogP contribution in [0.2, 0.25) is 0 Å². The van der Waals surface area contributed by atoms with Gasteiger partial charge in [0, 0.05) is 0 Å². The van der Waals surface area contributed by atoms with E-state index in [1.807, 2.05) is 30.3 Å². The minimum atomic E-state index is -0.783. The van der Waals surface area contributed by atoms with Gasteiger partial charge in [-0.2, -0.15) is 4.68 Å². The Morgan fingerprint density at radius 1 is 1.23 bits per heavy atom. The minimum Gasteiger partial charge on any atom is -0.388 e. The van der Waals surface area contributed by atoms with E-state index in [2.05, 4.69) is 15.3 Å². The van der Waals surface area contributed by atoms with Crippen molar-refractivity contribution in [3.8, 4) is 5.69 Å². The van der Waals surface area contributed by atoms with E-state index in [0.717, 1.165) is 12.1 Å². The molecule has 1 aliphatic rings. The fourth-order valence-corrected chi connectivity index (χ4v) is 2.76. The molecule has 0 atom stereocenters. The molecular formula is C15H15N5O2. The lowest BCUT2D eigenvalue weighted by molar-refractivity contribution is -0.0481. The Bertz CT molecular complexity index is 880. The molecule has 0 amide bonds. The van der Waals surface area contributed by atoms with E-state index < -0.39 is 5.60 Å². The van der Waals surface area contributed by atoms with Gasteiger partial charge in [0.05, 0.1) is 17.8 Å². The summed E-state index contributed by atoms with van der Waals surface area (Å²) in [6.45, 7) is 0.257. The summed E-state index contributed by atoms with van der Waals surface area (Å²) in [5, 5.41) is 18.2. The van der Waals surface area contributed by atoms with E-state index >= 15 is 0 Å². The predicted molar refractivity (Wildman–Crippen MR) is 79.7 cm³/mol. The van der Waals surface area contributed by atoms with Crippen molar-refractivity contribution in [2.45, 2.75) is 31.4 Å². The molecule has 0 radical (unpaired) electrons. The predicted octanol–water partition coefficient (Wildman–Crippen LogP) is 0.892. The van der Waals surface area contributed by atoms with Gasteiger partial charge in [0.15, 0.2) is 11.2 Å². The normalized spacial score (nSPS) is 16.6. The Hall–Kier alpha value is -2.54. The van der Waals surface area contributed by atoms with Gasteiger partial charge in [0.2, 0.25) is 0 Å². The van der Waals surface area contributed by atoms with Gasteiger partial charge in [-0.3, -0.25) is 9.36 Å². The van der Waals surface area contributed by atoms with E-state index in [1.165, 1.54) is 10.9 Å². The van der Waals surface area contributed by atoms with E-state index in [1.54, 1.807) is 4.68 Å². The SMILES string of the molecule is O=c1c2nnn(-c3ccccc3)c2ncn1CC1(O)CCC1. The molecule has 2 aromatic heterocycles. The first-order chi connectivity index (χ1) is 10.7. The molecule has 0 saturated heterocycles. The highest BCUT2D eigenvalue weighted by Crippen LogP contribution is 2.32. The standard InChI is InChI=1S/C15H15N5O2/c21-14-12-13(16-10-19(14)9-15(22)7-4-8-15)20(18-17-12)11-5-2-1-3-6-11/h1-3,5-6,10,22H,4,7-9H2. The van der Waals surface area contributed by atoms with Crippen molar-refractivity contribution in [3.63, 3.8) is 0 Å². The number of nitrogens with zero attached hydrogens (tertiary/aromatic N) is 5. The maximum Gasteiger partial charge on any atom is 0.283 e. The quantitative estimate of drug-likeness (QED) is 0.776. The molecule has 4 rings (SSSR count). The topological polar surface area (TPSA) is 85.8 Å². The Morgan fingerprint density at radius 3 is 2.68 bits per heavy atom. The number of rotatable bonds is 3. The van der Waals surface area contributed by atoms with Crippen molar-refractivity contribution in [3.05, 3.63) is 47.0 Å². The number of para-hydroxylation sites is 1. The Balaban J connectivity index is 1.79. The third kappa shape index (κ3) is 2.01. The Kier molecular flexibility index (Phi) is 2.83. The minimum absolute atomic E-state index is 0.217. The zero-order valence-corrected chi connectivity index (χ0v) is 11.9. The Morgan fingerprint density at radius 2 is 2.00 bits per heavy atom. The summed E-state index contributed by atoms with van der Waals surface area (Å²) >= 11 is 0. The zero-order chi connectivity index (χ0) is 15.2. The summed E-state index contributed by atoms with van der Waals surface area (Å²) in [7, 11) is 0. The fourth-order valence-electron chi connectivity index (χ4n) is 2.76. The summed E-state index contributed by atoms with van der Waals surface area (Å²) in [6.07, 6.45) is 3.89. The summed E-state index contributed by atoms with van der Waals surface area (Å²) in [4.78, 5) is 16.8. The number of aliphatic hydroxyl groups is 1. The highest BCUT2D eigenvalue weighted by Gasteiger charge is 2.35. The second kappa shape index (κ2) is 4.74. The van der Waals surface area contributed by atoms with Crippen LogP contribution >= 0.6 is 0 Å². The first-order valence-corrected chi connectivity index (χ1v) is 7.25. The van der Waals surface area contributed by atoms with Crippen molar-refractivity contribution >= 4 is 11.2 Å². The highest BCUT2D eigenvalue weighted by atomic mass is 16.3. The van der Waals surface area contributed by atoms with Crippen molar-refractivity contribution in [2.75, 3.05) is 0 Å². The molecule has 7 nitrogen and oxygen atoms in total. The monoisotopic (exact) mass is 297 g/mol. The van der Waals surface area contributed by atoms with E-state index in [-0.39, 0.29) is 17.6 Å². The molecule has 0 bridgehead atoms. The zero-order valence-electron chi connectivity index (χ0n) is 11.9. The number of aromatic nitrogens is 5. The van der Waals surface area contributed by atoms with Crippen LogP contribution < -0.4 is 5.56 Å². The van der Waals surface area contributed by atoms with Crippen LogP contribution in [-0.2, 0) is 6.54 Å². The third-order valence-electron chi connectivity index (χ3n) is 4.18. The maximum atomic E-state index is 12.5. The third-order valence-corrected chi connectivity index (χ3v) is 4.18. The van der Waals surface area contributed by atoms with Crippen LogP contribution in [0.25, 0.3) is 16.9 Å². The fraction of sp³-hybridized carbons (Fsp3) is 0.333. The molecular weight excluding hydrogens is 282 g/mol. The lowest BCUT2D eigenvalue weighted by Gasteiger charge is -2.36. The van der Waals surface area contributed by atoms with Crippen molar-refractivity contribution in [1.29, 1.82) is 0 Å². The summed E-state index contributed by atoms with van der Waals surface area (Å²) in [6, 6.07) is 9.42. The van der Waals surface area contributed by atoms with Gasteiger partial charge in [0.25, 0.3) is 5.56 Å². The molecule has 0 spiro atoms. The van der Waals surface area contributed by atoms with Crippen molar-refractivity contribution < 1.29 is 5.11 Å². The molecule has 0 aliphatic heterocycles. The number of benzene rings is 1. The molecule has 3 aromatic rings. The lowest BCUT2D eigenvalue weighted by atomic mass is 9.80. The smallest absolute Gasteiger partial charge is 0.283 e. The maximum absolute atomic E-state index is 12.5. The molecule has 1 fully saturated rings. The number of fused-ring (bicyclic) bond motifs is 1. The molecule has 1 aliphatic carbocycles. The molecule has 7 heteroatoms. The first kappa shape index (κ1) is 13.1. The summed E-state index contributed by atoms with van der Waals surface area (Å²) in [5.41, 5.74) is 0.385. The van der Waals surface area contributed by atoms with E-state index in [9.17, 15) is 9.90 Å². The van der Waals surface area contributed by atoms with Gasteiger partial charge in [-0.05, 0) is 31.4 Å². The first-order valence-electron chi connectivity index (χ1n) is 7.25. The summed E-state index contributed by atoms with van der Waals surface area (Å²) in [5.74, 6) is 0. The van der Waals surface area contributed by atoms with Gasteiger partial charge in [-0.15, -0.1) is 5.10 Å². The summed E-state index contributed by atoms with van der Waals surface area (Å²) < 4.78 is 2.96. The second-order valence-corrected chi connectivity index (χ2v) is 5.76. The second-order valence-electron chi connectivity index (χ2n) is 5.76. The van der Waals surface area contributed by atoms with Crippen molar-refractivity contribution in [1.82, 2.24) is 24.5 Å². The van der Waals surface area contributed by atoms with Crippen LogP contribution in [0, 0.1) is 0 Å². The molecule has 22 heavy (non-hydrogen) atoms. The van der Waals surface area contributed by atoms with E-state index in [0.29, 0.717) is 18.5 Å². The molecule has 112 valence electrons. The van der Waals surface area contributed by atoms with Crippen LogP contribution in [-0.4, -0.2) is 35.3 Å². The highest BCUT2D eigenvalue weighted by molar-refractivity contribution is 5.70. The van der Waals surface area contributed by atoms with Crippen LogP contribution in [0.1, 0.15) is 19.3 Å². The van der Waals surface area contributed by atoms with Gasteiger partial charge in [-0.25, -0.2) is 4.98 Å². The number of hydrogen-bond acceptors (Lipinski definition) is 5. The molecule has 0 unspecified atom stereocenters. The van der Waals surface area contributed by atoms with E-state index in [4.69, 9.17) is 0 Å². The average Bonchev–Trinajstić information content (AvgIpc) is 2.94. The van der Waals surface area contributed by atoms with Gasteiger partial charge in [0.1, 0.15) is 6.33 Å². The number of hydrogen-bond donors (Lipinski definition) is 1. The van der Waals surface area contributed by atoms with Crippen LogP contribution in [0.4, 0.5) is 0 Å². The van der Waals surface area contributed by atoms with Crippen LogP contribution in [0.15, 0.2) is 41.5 Å². The molecule has 2 heterocycles. The van der Waals surface area contributed by atoms with Crippen LogP contribution in [0.5, 0.6) is 0 Å². The van der Waals surface area contributed by atoms with Gasteiger partial charge >= 0.3 is 0 Å². The average molecular weight is 297 g/mol. The molecule has 1 aromatic carbocycles. The van der Waals surface area contributed by atoms with Crippen LogP contribution in [0.3, 0.4) is 0 Å². The van der Waals surface area contributed by atoms with Crippen molar-refractivity contribution in [2.24, 2.45) is 0 Å².